The molecule has 96 valence electrons. The van der Waals surface area contributed by atoms with Gasteiger partial charge in [0.05, 0.1) is 16.3 Å². The zero-order valence-electron chi connectivity index (χ0n) is 10.2. The maximum atomic E-state index is 11.9. The molecule has 1 aliphatic rings. The predicted molar refractivity (Wildman–Crippen MR) is 71.3 cm³/mol. The van der Waals surface area contributed by atoms with E-state index in [2.05, 4.69) is 5.32 Å². The molecule has 1 aromatic rings. The van der Waals surface area contributed by atoms with Crippen LogP contribution >= 0.6 is 11.6 Å². The van der Waals surface area contributed by atoms with Crippen LogP contribution in [-0.4, -0.2) is 31.3 Å². The highest BCUT2D eigenvalue weighted by atomic mass is 35.5. The Morgan fingerprint density at radius 3 is 2.83 bits per heavy atom. The Morgan fingerprint density at radius 2 is 2.11 bits per heavy atom. The minimum Gasteiger partial charge on any atom is -0.317 e. The highest BCUT2D eigenvalue weighted by molar-refractivity contribution is 6.55. The van der Waals surface area contributed by atoms with Gasteiger partial charge < -0.3 is 10.2 Å². The number of nitrogens with zero attached hydrogens (tertiary/aromatic N) is 1. The van der Waals surface area contributed by atoms with Crippen molar-refractivity contribution in [2.24, 2.45) is 0 Å². The van der Waals surface area contributed by atoms with Gasteiger partial charge in [0.1, 0.15) is 0 Å². The normalized spacial score (nSPS) is 14.2. The molecule has 0 spiro atoms. The first-order valence-electron chi connectivity index (χ1n) is 6.02. The van der Waals surface area contributed by atoms with Crippen molar-refractivity contribution in [2.45, 2.75) is 13.3 Å². The number of hydrogen-bond acceptors (Lipinski definition) is 3. The van der Waals surface area contributed by atoms with Crippen LogP contribution in [0.2, 0.25) is 5.02 Å². The number of halogens is 1. The second kappa shape index (κ2) is 5.50. The molecule has 1 N–H and O–H groups in total. The third-order valence-corrected chi connectivity index (χ3v) is 3.25. The summed E-state index contributed by atoms with van der Waals surface area (Å²) in [4.78, 5) is 25.2. The van der Waals surface area contributed by atoms with E-state index in [0.717, 1.165) is 19.5 Å². The van der Waals surface area contributed by atoms with E-state index in [1.54, 1.807) is 18.2 Å². The molecular formula is C13H15ClN2O2. The van der Waals surface area contributed by atoms with Crippen LogP contribution in [-0.2, 0) is 4.79 Å². The average Bonchev–Trinajstić information content (AvgIpc) is 2.60. The van der Waals surface area contributed by atoms with E-state index in [1.165, 1.54) is 4.90 Å². The van der Waals surface area contributed by atoms with Crippen LogP contribution in [0.3, 0.4) is 0 Å². The Balaban J connectivity index is 2.16. The first-order chi connectivity index (χ1) is 8.66. The maximum Gasteiger partial charge on any atom is 0.299 e. The summed E-state index contributed by atoms with van der Waals surface area (Å²) in [5, 5.41) is 3.53. The van der Waals surface area contributed by atoms with Gasteiger partial charge in [-0.05, 0) is 31.6 Å². The van der Waals surface area contributed by atoms with E-state index in [1.807, 2.05) is 6.92 Å². The summed E-state index contributed by atoms with van der Waals surface area (Å²) in [5.41, 5.74) is 0.974. The maximum absolute atomic E-state index is 11.9. The second-order valence-corrected chi connectivity index (χ2v) is 4.53. The van der Waals surface area contributed by atoms with Gasteiger partial charge in [0, 0.05) is 6.54 Å². The standard InChI is InChI=1S/C13H15ClN2O2/c1-2-15-7-4-8-16-10-6-3-5-9(14)11(10)12(17)13(16)18/h3,5-6,15H,2,4,7-8H2,1H3. The van der Waals surface area contributed by atoms with Gasteiger partial charge in [-0.2, -0.15) is 0 Å². The van der Waals surface area contributed by atoms with Crippen LogP contribution in [0.25, 0.3) is 0 Å². The highest BCUT2D eigenvalue weighted by Gasteiger charge is 2.36. The molecule has 0 aromatic heterocycles. The molecular weight excluding hydrogens is 252 g/mol. The molecule has 0 unspecified atom stereocenters. The molecule has 0 bridgehead atoms. The molecule has 2 rings (SSSR count). The predicted octanol–water partition coefficient (Wildman–Crippen LogP) is 1.87. The van der Waals surface area contributed by atoms with E-state index >= 15 is 0 Å². The van der Waals surface area contributed by atoms with Gasteiger partial charge in [-0.3, -0.25) is 9.59 Å². The first kappa shape index (κ1) is 13.1. The molecule has 5 heteroatoms. The minimum atomic E-state index is -0.501. The Bertz CT molecular complexity index is 488. The largest absolute Gasteiger partial charge is 0.317 e. The van der Waals surface area contributed by atoms with Crippen LogP contribution in [0, 0.1) is 0 Å². The number of amides is 1. The molecule has 1 aliphatic heterocycles. The average molecular weight is 267 g/mol. The van der Waals surface area contributed by atoms with E-state index in [9.17, 15) is 9.59 Å². The van der Waals surface area contributed by atoms with Gasteiger partial charge in [-0.25, -0.2) is 0 Å². The van der Waals surface area contributed by atoms with E-state index in [-0.39, 0.29) is 0 Å². The van der Waals surface area contributed by atoms with Crippen LogP contribution < -0.4 is 10.2 Å². The molecule has 0 fully saturated rings. The third-order valence-electron chi connectivity index (χ3n) is 2.93. The highest BCUT2D eigenvalue weighted by Crippen LogP contribution is 2.33. The molecule has 0 aliphatic carbocycles. The molecule has 0 saturated heterocycles. The summed E-state index contributed by atoms with van der Waals surface area (Å²) < 4.78 is 0. The lowest BCUT2D eigenvalue weighted by Gasteiger charge is -2.16. The molecule has 0 radical (unpaired) electrons. The Kier molecular flexibility index (Phi) is 3.99. The van der Waals surface area contributed by atoms with Gasteiger partial charge in [-0.1, -0.05) is 24.6 Å². The summed E-state index contributed by atoms with van der Waals surface area (Å²) in [6, 6.07) is 5.15. The topological polar surface area (TPSA) is 49.4 Å². The Labute approximate surface area is 111 Å². The van der Waals surface area contributed by atoms with Gasteiger partial charge in [0.25, 0.3) is 11.7 Å². The number of ketones is 1. The van der Waals surface area contributed by atoms with Crippen LogP contribution in [0.5, 0.6) is 0 Å². The summed E-state index contributed by atoms with van der Waals surface area (Å²) >= 11 is 5.97. The number of fused-ring (bicyclic) bond motifs is 1. The van der Waals surface area contributed by atoms with Gasteiger partial charge in [-0.15, -0.1) is 0 Å². The van der Waals surface area contributed by atoms with Gasteiger partial charge in [0.15, 0.2) is 0 Å². The SMILES string of the molecule is CCNCCCN1C(=O)C(=O)c2c(Cl)cccc21. The number of nitrogens with one attached hydrogen (secondary N) is 1. The molecule has 1 aromatic carbocycles. The van der Waals surface area contributed by atoms with Crippen molar-refractivity contribution in [1.82, 2.24) is 5.32 Å². The number of benzene rings is 1. The fourth-order valence-corrected chi connectivity index (χ4v) is 2.32. The summed E-state index contributed by atoms with van der Waals surface area (Å²) in [7, 11) is 0. The van der Waals surface area contributed by atoms with E-state index in [4.69, 9.17) is 11.6 Å². The number of Topliss-reactive ketones (excluding diaryl/α,β-unsaturated/α-hetero) is 1. The zero-order chi connectivity index (χ0) is 13.1. The number of carbonyl (C=O) groups excluding carboxylic acids is 2. The van der Waals surface area contributed by atoms with Crippen molar-refractivity contribution in [1.29, 1.82) is 0 Å². The van der Waals surface area contributed by atoms with Crippen LogP contribution in [0.4, 0.5) is 5.69 Å². The smallest absolute Gasteiger partial charge is 0.299 e. The van der Waals surface area contributed by atoms with E-state index < -0.39 is 11.7 Å². The Hall–Kier alpha value is -1.39. The summed E-state index contributed by atoms with van der Waals surface area (Å²) in [6.45, 7) is 4.28. The van der Waals surface area contributed by atoms with Crippen molar-refractivity contribution < 1.29 is 9.59 Å². The second-order valence-electron chi connectivity index (χ2n) is 4.13. The van der Waals surface area contributed by atoms with Gasteiger partial charge in [0.2, 0.25) is 0 Å². The number of rotatable bonds is 5. The monoisotopic (exact) mass is 266 g/mol. The quantitative estimate of drug-likeness (QED) is 0.654. The number of carbonyl (C=O) groups is 2. The van der Waals surface area contributed by atoms with E-state index in [0.29, 0.717) is 22.8 Å². The third kappa shape index (κ3) is 2.26. The molecule has 18 heavy (non-hydrogen) atoms. The van der Waals surface area contributed by atoms with Gasteiger partial charge >= 0.3 is 0 Å². The number of hydrogen-bond donors (Lipinski definition) is 1. The summed E-state index contributed by atoms with van der Waals surface area (Å²) in [6.07, 6.45) is 0.804. The molecule has 0 saturated carbocycles. The summed E-state index contributed by atoms with van der Waals surface area (Å²) in [5.74, 6) is -0.978. The lowest BCUT2D eigenvalue weighted by Crippen LogP contribution is -2.32. The Morgan fingerprint density at radius 1 is 1.33 bits per heavy atom. The lowest BCUT2D eigenvalue weighted by molar-refractivity contribution is -0.114. The van der Waals surface area contributed by atoms with Crippen LogP contribution in [0.15, 0.2) is 18.2 Å². The molecule has 0 atom stereocenters. The lowest BCUT2D eigenvalue weighted by atomic mass is 10.1. The van der Waals surface area contributed by atoms with Crippen LogP contribution in [0.1, 0.15) is 23.7 Å². The fraction of sp³-hybridized carbons (Fsp3) is 0.385. The van der Waals surface area contributed by atoms with Crippen molar-refractivity contribution >= 4 is 29.0 Å². The molecule has 1 amide bonds. The minimum absolute atomic E-state index is 0.340. The van der Waals surface area contributed by atoms with Crippen molar-refractivity contribution in [3.63, 3.8) is 0 Å². The first-order valence-corrected chi connectivity index (χ1v) is 6.40. The zero-order valence-corrected chi connectivity index (χ0v) is 11.0. The van der Waals surface area contributed by atoms with Crippen molar-refractivity contribution in [3.8, 4) is 0 Å². The van der Waals surface area contributed by atoms with Crippen molar-refractivity contribution in [2.75, 3.05) is 24.5 Å². The number of anilines is 1. The fourth-order valence-electron chi connectivity index (χ4n) is 2.06. The molecule has 4 nitrogen and oxygen atoms in total. The molecule has 1 heterocycles. The van der Waals surface area contributed by atoms with Crippen molar-refractivity contribution in [3.05, 3.63) is 28.8 Å².